The number of anilines is 1. The zero-order valence-corrected chi connectivity index (χ0v) is 16.7. The maximum atomic E-state index is 12.9. The van der Waals surface area contributed by atoms with Crippen LogP contribution in [0.1, 0.15) is 24.8 Å². The topological polar surface area (TPSA) is 65.1 Å². The Balaban J connectivity index is 1.30. The lowest BCUT2D eigenvalue weighted by Crippen LogP contribution is -2.47. The molecule has 2 aliphatic rings. The number of nitrogens with zero attached hydrogens (tertiary/aromatic N) is 4. The molecule has 30 heavy (non-hydrogen) atoms. The standard InChI is InChI=1S/C24H23N5O/c30-23-8-10-24(29(23)15-17-4-3-7-19-18(17)9-12-25-19)11-13-28(16-24)22-14-26-20-5-1-2-6-21(20)27-22/h1-7,9,12,14,25H,8,10-11,13,15-16H2. The summed E-state index contributed by atoms with van der Waals surface area (Å²) in [5.74, 6) is 1.16. The van der Waals surface area contributed by atoms with Crippen LogP contribution in [0.25, 0.3) is 21.9 Å². The minimum atomic E-state index is -0.122. The summed E-state index contributed by atoms with van der Waals surface area (Å²) in [5, 5.41) is 1.20. The Morgan fingerprint density at radius 1 is 1.03 bits per heavy atom. The van der Waals surface area contributed by atoms with E-state index in [2.05, 4.69) is 44.0 Å². The second-order valence-corrected chi connectivity index (χ2v) is 8.45. The van der Waals surface area contributed by atoms with Crippen molar-refractivity contribution in [3.05, 3.63) is 66.5 Å². The smallest absolute Gasteiger partial charge is 0.223 e. The minimum absolute atomic E-state index is 0.122. The first-order chi connectivity index (χ1) is 14.7. The predicted octanol–water partition coefficient (Wildman–Crippen LogP) is 3.88. The van der Waals surface area contributed by atoms with Crippen LogP contribution in [0.2, 0.25) is 0 Å². The molecular weight excluding hydrogens is 374 g/mol. The first kappa shape index (κ1) is 17.4. The molecule has 4 heterocycles. The van der Waals surface area contributed by atoms with E-state index in [0.29, 0.717) is 13.0 Å². The summed E-state index contributed by atoms with van der Waals surface area (Å²) < 4.78 is 0. The Morgan fingerprint density at radius 2 is 1.93 bits per heavy atom. The van der Waals surface area contributed by atoms with Gasteiger partial charge in [0, 0.05) is 43.2 Å². The SMILES string of the molecule is O=C1CCC2(CCN(c3cnc4ccccc4n3)C2)N1Cc1cccc2[nH]ccc12. The lowest BCUT2D eigenvalue weighted by atomic mass is 9.94. The van der Waals surface area contributed by atoms with Gasteiger partial charge >= 0.3 is 0 Å². The molecule has 0 bridgehead atoms. The summed E-state index contributed by atoms with van der Waals surface area (Å²) in [6, 6.07) is 16.3. The average molecular weight is 397 g/mol. The molecule has 2 fully saturated rings. The van der Waals surface area contributed by atoms with Gasteiger partial charge in [0.1, 0.15) is 5.82 Å². The van der Waals surface area contributed by atoms with E-state index in [-0.39, 0.29) is 11.4 Å². The number of nitrogens with one attached hydrogen (secondary N) is 1. The Kier molecular flexibility index (Phi) is 3.81. The number of carbonyl (C=O) groups is 1. The number of carbonyl (C=O) groups excluding carboxylic acids is 1. The van der Waals surface area contributed by atoms with Crippen molar-refractivity contribution >= 4 is 33.7 Å². The second kappa shape index (κ2) is 6.55. The van der Waals surface area contributed by atoms with Gasteiger partial charge in [-0.05, 0) is 42.7 Å². The third-order valence-corrected chi connectivity index (χ3v) is 6.78. The molecule has 2 aliphatic heterocycles. The fourth-order valence-electron chi connectivity index (χ4n) is 5.16. The van der Waals surface area contributed by atoms with Crippen LogP contribution in [0.5, 0.6) is 0 Å². The fourth-order valence-corrected chi connectivity index (χ4v) is 5.16. The van der Waals surface area contributed by atoms with E-state index in [1.165, 1.54) is 10.9 Å². The van der Waals surface area contributed by atoms with Gasteiger partial charge in [0.2, 0.25) is 5.91 Å². The third-order valence-electron chi connectivity index (χ3n) is 6.78. The molecule has 0 saturated carbocycles. The van der Waals surface area contributed by atoms with Crippen LogP contribution >= 0.6 is 0 Å². The van der Waals surface area contributed by atoms with E-state index in [9.17, 15) is 4.79 Å². The molecule has 150 valence electrons. The molecule has 2 saturated heterocycles. The van der Waals surface area contributed by atoms with Crippen molar-refractivity contribution in [1.82, 2.24) is 19.9 Å². The van der Waals surface area contributed by atoms with E-state index in [1.54, 1.807) is 0 Å². The van der Waals surface area contributed by atoms with Gasteiger partial charge in [-0.15, -0.1) is 0 Å². The lowest BCUT2D eigenvalue weighted by molar-refractivity contribution is -0.131. The van der Waals surface area contributed by atoms with Crippen molar-refractivity contribution in [1.29, 1.82) is 0 Å². The average Bonchev–Trinajstić information content (AvgIpc) is 3.50. The summed E-state index contributed by atoms with van der Waals surface area (Å²) in [5.41, 5.74) is 4.02. The quantitative estimate of drug-likeness (QED) is 0.570. The third kappa shape index (κ3) is 2.67. The molecule has 1 N–H and O–H groups in total. The van der Waals surface area contributed by atoms with Gasteiger partial charge < -0.3 is 14.8 Å². The van der Waals surface area contributed by atoms with Crippen molar-refractivity contribution in [2.45, 2.75) is 31.3 Å². The van der Waals surface area contributed by atoms with Crippen LogP contribution in [0.4, 0.5) is 5.82 Å². The van der Waals surface area contributed by atoms with Crippen LogP contribution in [0.3, 0.4) is 0 Å². The lowest BCUT2D eigenvalue weighted by Gasteiger charge is -2.35. The number of likely N-dealkylation sites (tertiary alicyclic amines) is 1. The van der Waals surface area contributed by atoms with E-state index in [1.807, 2.05) is 36.7 Å². The number of aromatic amines is 1. The van der Waals surface area contributed by atoms with E-state index in [0.717, 1.165) is 48.3 Å². The Morgan fingerprint density at radius 3 is 2.87 bits per heavy atom. The highest BCUT2D eigenvalue weighted by molar-refractivity contribution is 5.85. The first-order valence-electron chi connectivity index (χ1n) is 10.5. The second-order valence-electron chi connectivity index (χ2n) is 8.45. The van der Waals surface area contributed by atoms with E-state index in [4.69, 9.17) is 4.98 Å². The maximum Gasteiger partial charge on any atom is 0.223 e. The van der Waals surface area contributed by atoms with Crippen LogP contribution in [-0.4, -0.2) is 44.4 Å². The van der Waals surface area contributed by atoms with Gasteiger partial charge in [-0.2, -0.15) is 0 Å². The zero-order chi connectivity index (χ0) is 20.1. The van der Waals surface area contributed by atoms with E-state index < -0.39 is 0 Å². The molecular formula is C24H23N5O. The predicted molar refractivity (Wildman–Crippen MR) is 117 cm³/mol. The molecule has 2 aromatic carbocycles. The molecule has 6 nitrogen and oxygen atoms in total. The van der Waals surface area contributed by atoms with Gasteiger partial charge in [-0.25, -0.2) is 4.98 Å². The molecule has 1 amide bonds. The number of fused-ring (bicyclic) bond motifs is 2. The van der Waals surface area contributed by atoms with Crippen LogP contribution in [-0.2, 0) is 11.3 Å². The summed E-state index contributed by atoms with van der Waals surface area (Å²) in [6.07, 6.45) is 6.33. The Hall–Kier alpha value is -3.41. The van der Waals surface area contributed by atoms with Crippen LogP contribution in [0.15, 0.2) is 60.9 Å². The molecule has 1 spiro atoms. The number of rotatable bonds is 3. The van der Waals surface area contributed by atoms with Crippen molar-refractivity contribution in [2.75, 3.05) is 18.0 Å². The summed E-state index contributed by atoms with van der Waals surface area (Å²) >= 11 is 0. The Bertz CT molecular complexity index is 1260. The highest BCUT2D eigenvalue weighted by Crippen LogP contribution is 2.41. The number of benzene rings is 2. The van der Waals surface area contributed by atoms with Gasteiger partial charge in [-0.1, -0.05) is 24.3 Å². The van der Waals surface area contributed by atoms with Crippen molar-refractivity contribution in [3.8, 4) is 0 Å². The molecule has 0 radical (unpaired) electrons. The van der Waals surface area contributed by atoms with Gasteiger partial charge in [-0.3, -0.25) is 9.78 Å². The maximum absolute atomic E-state index is 12.9. The van der Waals surface area contributed by atoms with Crippen molar-refractivity contribution < 1.29 is 4.79 Å². The molecule has 0 aliphatic carbocycles. The normalized spacial score (nSPS) is 21.5. The highest BCUT2D eigenvalue weighted by Gasteiger charge is 2.49. The molecule has 6 rings (SSSR count). The van der Waals surface area contributed by atoms with Gasteiger partial charge in [0.05, 0.1) is 22.8 Å². The van der Waals surface area contributed by atoms with Crippen molar-refractivity contribution in [3.63, 3.8) is 0 Å². The van der Waals surface area contributed by atoms with Crippen LogP contribution in [0, 0.1) is 0 Å². The molecule has 2 aromatic heterocycles. The summed E-state index contributed by atoms with van der Waals surface area (Å²) in [4.78, 5) is 30.0. The number of H-pyrrole nitrogens is 1. The largest absolute Gasteiger partial charge is 0.361 e. The molecule has 4 aromatic rings. The van der Waals surface area contributed by atoms with E-state index >= 15 is 0 Å². The molecule has 6 heteroatoms. The number of para-hydroxylation sites is 2. The number of hydrogen-bond acceptors (Lipinski definition) is 4. The zero-order valence-electron chi connectivity index (χ0n) is 16.7. The first-order valence-corrected chi connectivity index (χ1v) is 10.5. The fraction of sp³-hybridized carbons (Fsp3) is 0.292. The van der Waals surface area contributed by atoms with Crippen molar-refractivity contribution in [2.24, 2.45) is 0 Å². The molecule has 1 unspecified atom stereocenters. The Labute approximate surface area is 174 Å². The van der Waals surface area contributed by atoms with Gasteiger partial charge in [0.25, 0.3) is 0 Å². The monoisotopic (exact) mass is 397 g/mol. The summed E-state index contributed by atoms with van der Waals surface area (Å²) in [6.45, 7) is 2.37. The highest BCUT2D eigenvalue weighted by atomic mass is 16.2. The molecule has 1 atom stereocenters. The summed E-state index contributed by atoms with van der Waals surface area (Å²) in [7, 11) is 0. The van der Waals surface area contributed by atoms with Gasteiger partial charge in [0.15, 0.2) is 0 Å². The number of amides is 1. The minimum Gasteiger partial charge on any atom is -0.361 e. The number of aromatic nitrogens is 3. The van der Waals surface area contributed by atoms with Crippen LogP contribution < -0.4 is 4.90 Å². The number of hydrogen-bond donors (Lipinski definition) is 1.